The Kier molecular flexibility index (Phi) is 5.33. The molecule has 1 aromatic heterocycles. The van der Waals surface area contributed by atoms with Crippen LogP contribution >= 0.6 is 23.1 Å². The second kappa shape index (κ2) is 7.50. The van der Waals surface area contributed by atoms with Gasteiger partial charge in [0.25, 0.3) is 5.91 Å². The molecule has 1 aromatic rings. The molecule has 26 heavy (non-hydrogen) atoms. The Morgan fingerprint density at radius 1 is 1.42 bits per heavy atom. The van der Waals surface area contributed by atoms with Crippen molar-refractivity contribution in [1.29, 1.82) is 0 Å². The summed E-state index contributed by atoms with van der Waals surface area (Å²) < 4.78 is 4.87. The molecule has 0 aromatic carbocycles. The molecule has 1 saturated heterocycles. The van der Waals surface area contributed by atoms with Crippen molar-refractivity contribution < 1.29 is 29.0 Å². The summed E-state index contributed by atoms with van der Waals surface area (Å²) in [5.74, 6) is -2.23. The first-order valence-electron chi connectivity index (χ1n) is 7.73. The zero-order valence-electron chi connectivity index (χ0n) is 13.8. The first kappa shape index (κ1) is 18.5. The molecule has 1 unspecified atom stereocenters. The average Bonchev–Trinajstić information content (AvgIpc) is 3.09. The Balaban J connectivity index is 1.69. The van der Waals surface area contributed by atoms with Crippen LogP contribution in [-0.4, -0.2) is 57.5 Å². The van der Waals surface area contributed by atoms with E-state index in [1.165, 1.54) is 30.0 Å². The van der Waals surface area contributed by atoms with Crippen molar-refractivity contribution in [2.24, 2.45) is 0 Å². The van der Waals surface area contributed by atoms with E-state index < -0.39 is 29.3 Å². The van der Waals surface area contributed by atoms with Gasteiger partial charge in [0, 0.05) is 23.1 Å². The van der Waals surface area contributed by atoms with Gasteiger partial charge >= 0.3 is 11.9 Å². The van der Waals surface area contributed by atoms with Gasteiger partial charge in [0.1, 0.15) is 23.7 Å². The van der Waals surface area contributed by atoms with Gasteiger partial charge in [0.15, 0.2) is 0 Å². The van der Waals surface area contributed by atoms with Crippen LogP contribution in [0.2, 0.25) is 0 Å². The van der Waals surface area contributed by atoms with Gasteiger partial charge < -0.3 is 15.2 Å². The van der Waals surface area contributed by atoms with Gasteiger partial charge in [-0.25, -0.2) is 4.79 Å². The first-order valence-corrected chi connectivity index (χ1v) is 9.66. The van der Waals surface area contributed by atoms with E-state index in [0.29, 0.717) is 11.3 Å². The number of carbonyl (C=O) groups excluding carboxylic acids is 3. The molecule has 3 heterocycles. The van der Waals surface area contributed by atoms with Crippen LogP contribution in [0, 0.1) is 0 Å². The van der Waals surface area contributed by atoms with E-state index in [9.17, 15) is 24.3 Å². The number of hydrogen-bond donors (Lipinski definition) is 2. The lowest BCUT2D eigenvalue weighted by Crippen LogP contribution is -2.70. The molecule has 0 aliphatic carbocycles. The molecule has 8 nitrogen and oxygen atoms in total. The number of carboxylic acids is 1. The summed E-state index contributed by atoms with van der Waals surface area (Å²) >= 11 is 2.79. The van der Waals surface area contributed by atoms with Crippen molar-refractivity contribution in [1.82, 2.24) is 10.2 Å². The Labute approximate surface area is 157 Å². The molecule has 2 amide bonds. The quantitative estimate of drug-likeness (QED) is 0.534. The number of thiophene rings is 1. The molecule has 2 aliphatic heterocycles. The molecule has 0 bridgehead atoms. The number of hydrogen-bond acceptors (Lipinski definition) is 7. The summed E-state index contributed by atoms with van der Waals surface area (Å²) in [5.41, 5.74) is 0.203. The molecule has 2 atom stereocenters. The second-order valence-electron chi connectivity index (χ2n) is 5.75. The number of aliphatic carboxylic acids is 1. The highest BCUT2D eigenvalue weighted by Crippen LogP contribution is 2.40. The minimum atomic E-state index is -1.26. The molecule has 138 valence electrons. The standard InChI is InChI=1S/C16H16N2O6S2/c1-8(19)24-6-9-7-26-15-12(14(21)18(15)13(9)16(22)23)17-11(20)5-10-3-2-4-25-10/h2-4,12,15H,5-7H2,1H3,(H,17,20)(H,22,23)/t12?,15-/m1/s1. The van der Waals surface area contributed by atoms with Crippen molar-refractivity contribution >= 4 is 46.9 Å². The predicted molar refractivity (Wildman–Crippen MR) is 94.3 cm³/mol. The van der Waals surface area contributed by atoms with Crippen LogP contribution in [0.5, 0.6) is 0 Å². The fraction of sp³-hybridized carbons (Fsp3) is 0.375. The van der Waals surface area contributed by atoms with Gasteiger partial charge in [-0.1, -0.05) is 6.07 Å². The highest BCUT2D eigenvalue weighted by atomic mass is 32.2. The summed E-state index contributed by atoms with van der Waals surface area (Å²) in [7, 11) is 0. The summed E-state index contributed by atoms with van der Waals surface area (Å²) in [5, 5.41) is 13.5. The predicted octanol–water partition coefficient (Wildman–Crippen LogP) is 0.592. The largest absolute Gasteiger partial charge is 0.477 e. The van der Waals surface area contributed by atoms with E-state index in [2.05, 4.69) is 5.32 Å². The minimum absolute atomic E-state index is 0.163. The Hall–Kier alpha value is -2.33. The van der Waals surface area contributed by atoms with Crippen LogP contribution in [0.1, 0.15) is 11.8 Å². The monoisotopic (exact) mass is 396 g/mol. The number of carboxylic acid groups (broad SMARTS) is 1. The maximum absolute atomic E-state index is 12.4. The Morgan fingerprint density at radius 2 is 2.19 bits per heavy atom. The van der Waals surface area contributed by atoms with E-state index in [-0.39, 0.29) is 24.6 Å². The van der Waals surface area contributed by atoms with E-state index in [0.717, 1.165) is 9.78 Å². The van der Waals surface area contributed by atoms with Crippen LogP contribution in [-0.2, 0) is 30.3 Å². The summed E-state index contributed by atoms with van der Waals surface area (Å²) in [4.78, 5) is 49.2. The third-order valence-corrected chi connectivity index (χ3v) is 6.15. The maximum atomic E-state index is 12.4. The average molecular weight is 396 g/mol. The van der Waals surface area contributed by atoms with Gasteiger partial charge in [0.2, 0.25) is 5.91 Å². The third kappa shape index (κ3) is 3.61. The molecule has 3 rings (SSSR count). The molecule has 0 saturated carbocycles. The van der Waals surface area contributed by atoms with Gasteiger partial charge in [-0.2, -0.15) is 0 Å². The normalized spacial score (nSPS) is 21.7. The van der Waals surface area contributed by atoms with Crippen molar-refractivity contribution in [2.45, 2.75) is 24.8 Å². The second-order valence-corrected chi connectivity index (χ2v) is 7.89. The van der Waals surface area contributed by atoms with Crippen LogP contribution in [0.4, 0.5) is 0 Å². The molecule has 1 fully saturated rings. The zero-order chi connectivity index (χ0) is 18.8. The van der Waals surface area contributed by atoms with Crippen LogP contribution in [0.15, 0.2) is 28.8 Å². The van der Waals surface area contributed by atoms with Gasteiger partial charge in [-0.05, 0) is 11.4 Å². The maximum Gasteiger partial charge on any atom is 0.352 e. The Bertz CT molecular complexity index is 789. The van der Waals surface area contributed by atoms with Gasteiger partial charge in [-0.15, -0.1) is 23.1 Å². The van der Waals surface area contributed by atoms with Crippen molar-refractivity contribution in [3.63, 3.8) is 0 Å². The number of β-lactam (4-membered cyclic amide) rings is 1. The number of rotatable bonds is 6. The summed E-state index contributed by atoms with van der Waals surface area (Å²) in [6.07, 6.45) is 0.179. The topological polar surface area (TPSA) is 113 Å². The molecule has 10 heteroatoms. The molecular formula is C16H16N2O6S2. The van der Waals surface area contributed by atoms with Gasteiger partial charge in [-0.3, -0.25) is 19.3 Å². The summed E-state index contributed by atoms with van der Waals surface area (Å²) in [6, 6.07) is 2.92. The number of amides is 2. The van der Waals surface area contributed by atoms with E-state index in [1.807, 2.05) is 17.5 Å². The lowest BCUT2D eigenvalue weighted by Gasteiger charge is -2.49. The SMILES string of the molecule is CC(=O)OCC1=C(C(=O)O)N2C(=O)C(NC(=O)Cc3cccs3)[C@H]2SC1. The number of esters is 1. The van der Waals surface area contributed by atoms with Gasteiger partial charge in [0.05, 0.1) is 6.42 Å². The van der Waals surface area contributed by atoms with Crippen molar-refractivity contribution in [2.75, 3.05) is 12.4 Å². The number of nitrogens with zero attached hydrogens (tertiary/aromatic N) is 1. The van der Waals surface area contributed by atoms with Crippen LogP contribution in [0.3, 0.4) is 0 Å². The summed E-state index contributed by atoms with van der Waals surface area (Å²) in [6.45, 7) is 1.06. The van der Waals surface area contributed by atoms with E-state index in [4.69, 9.17) is 4.74 Å². The van der Waals surface area contributed by atoms with E-state index in [1.54, 1.807) is 0 Å². The molecule has 0 spiro atoms. The first-order chi connectivity index (χ1) is 12.4. The number of nitrogens with one attached hydrogen (secondary N) is 1. The molecule has 2 N–H and O–H groups in total. The molecule has 2 aliphatic rings. The lowest BCUT2D eigenvalue weighted by molar-refractivity contribution is -0.151. The molecule has 0 radical (unpaired) electrons. The van der Waals surface area contributed by atoms with Crippen LogP contribution in [0.25, 0.3) is 0 Å². The van der Waals surface area contributed by atoms with Crippen molar-refractivity contribution in [3.05, 3.63) is 33.7 Å². The van der Waals surface area contributed by atoms with Crippen LogP contribution < -0.4 is 5.32 Å². The minimum Gasteiger partial charge on any atom is -0.477 e. The Morgan fingerprint density at radius 3 is 2.81 bits per heavy atom. The number of ether oxygens (including phenoxy) is 1. The zero-order valence-corrected chi connectivity index (χ0v) is 15.4. The number of carbonyl (C=O) groups is 4. The van der Waals surface area contributed by atoms with E-state index >= 15 is 0 Å². The third-order valence-electron chi connectivity index (χ3n) is 3.93. The highest BCUT2D eigenvalue weighted by molar-refractivity contribution is 8.00. The fourth-order valence-electron chi connectivity index (χ4n) is 2.78. The number of thioether (sulfide) groups is 1. The number of fused-ring (bicyclic) bond motifs is 1. The highest BCUT2D eigenvalue weighted by Gasteiger charge is 2.54. The fourth-order valence-corrected chi connectivity index (χ4v) is 4.81. The smallest absolute Gasteiger partial charge is 0.352 e. The van der Waals surface area contributed by atoms with Crippen molar-refractivity contribution in [3.8, 4) is 0 Å². The lowest BCUT2D eigenvalue weighted by atomic mass is 10.0. The molecular weight excluding hydrogens is 380 g/mol.